The number of rotatable bonds is 5. The Morgan fingerprint density at radius 1 is 1.27 bits per heavy atom. The van der Waals surface area contributed by atoms with Crippen molar-refractivity contribution in [2.75, 3.05) is 18.5 Å². The van der Waals surface area contributed by atoms with Gasteiger partial charge in [0.05, 0.1) is 0 Å². The first-order valence-electron chi connectivity index (χ1n) is 8.15. The predicted molar refractivity (Wildman–Crippen MR) is 88.6 cm³/mol. The third kappa shape index (κ3) is 3.31. The summed E-state index contributed by atoms with van der Waals surface area (Å²) in [5.74, 6) is 0.447. The summed E-state index contributed by atoms with van der Waals surface area (Å²) < 4.78 is 2.97. The second-order valence-corrected chi connectivity index (χ2v) is 5.83. The van der Waals surface area contributed by atoms with Crippen molar-refractivity contribution in [3.8, 4) is 0 Å². The Bertz CT molecular complexity index is 639. The Morgan fingerprint density at radius 2 is 1.95 bits per heavy atom. The summed E-state index contributed by atoms with van der Waals surface area (Å²) in [6.07, 6.45) is 9.04. The Morgan fingerprint density at radius 3 is 2.55 bits per heavy atom. The highest BCUT2D eigenvalue weighted by molar-refractivity contribution is 5.29. The number of anilines is 1. The average Bonchev–Trinajstić information content (AvgIpc) is 2.53. The van der Waals surface area contributed by atoms with Gasteiger partial charge >= 0.3 is 11.4 Å². The van der Waals surface area contributed by atoms with Gasteiger partial charge in [-0.25, -0.2) is 14.2 Å². The van der Waals surface area contributed by atoms with E-state index < -0.39 is 5.69 Å². The maximum Gasteiger partial charge on any atom is 0.355 e. The highest BCUT2D eigenvalue weighted by Crippen LogP contribution is 2.25. The highest BCUT2D eigenvalue weighted by atomic mass is 16.2. The molecule has 0 unspecified atom stereocenters. The van der Waals surface area contributed by atoms with Crippen molar-refractivity contribution in [1.29, 1.82) is 0 Å². The molecule has 1 aliphatic carbocycles. The zero-order chi connectivity index (χ0) is 16.1. The van der Waals surface area contributed by atoms with Crippen LogP contribution in [-0.2, 0) is 6.54 Å². The molecule has 6 heteroatoms. The monoisotopic (exact) mass is 306 g/mol. The second kappa shape index (κ2) is 7.42. The number of aromatic nitrogens is 3. The molecule has 0 saturated heterocycles. The van der Waals surface area contributed by atoms with Gasteiger partial charge in [0.25, 0.3) is 0 Å². The molecule has 0 amide bonds. The van der Waals surface area contributed by atoms with Crippen LogP contribution in [0.5, 0.6) is 0 Å². The minimum Gasteiger partial charge on any atom is -0.341 e. The fourth-order valence-corrected chi connectivity index (χ4v) is 3.06. The van der Waals surface area contributed by atoms with Crippen LogP contribution in [0.4, 0.5) is 5.95 Å². The van der Waals surface area contributed by atoms with Gasteiger partial charge in [-0.05, 0) is 26.7 Å². The molecule has 122 valence electrons. The van der Waals surface area contributed by atoms with Crippen LogP contribution >= 0.6 is 0 Å². The molecule has 6 nitrogen and oxygen atoms in total. The lowest BCUT2D eigenvalue weighted by Crippen LogP contribution is -2.46. The maximum atomic E-state index is 12.8. The van der Waals surface area contributed by atoms with Crippen LogP contribution < -0.4 is 16.3 Å². The first-order valence-corrected chi connectivity index (χ1v) is 8.15. The molecule has 0 bridgehead atoms. The van der Waals surface area contributed by atoms with Crippen LogP contribution in [0.15, 0.2) is 21.7 Å². The van der Waals surface area contributed by atoms with E-state index in [1.807, 2.05) is 37.9 Å². The van der Waals surface area contributed by atoms with Crippen molar-refractivity contribution in [2.45, 2.75) is 58.5 Å². The molecule has 2 rings (SSSR count). The van der Waals surface area contributed by atoms with E-state index in [1.54, 1.807) is 4.57 Å². The van der Waals surface area contributed by atoms with Crippen molar-refractivity contribution in [1.82, 2.24) is 14.1 Å². The summed E-state index contributed by atoms with van der Waals surface area (Å²) in [6.45, 7) is 4.98. The van der Waals surface area contributed by atoms with Gasteiger partial charge in [-0.15, -0.1) is 0 Å². The van der Waals surface area contributed by atoms with Crippen LogP contribution in [0.2, 0.25) is 0 Å². The second-order valence-electron chi connectivity index (χ2n) is 5.83. The van der Waals surface area contributed by atoms with E-state index in [2.05, 4.69) is 4.98 Å². The van der Waals surface area contributed by atoms with Gasteiger partial charge in [0.15, 0.2) is 0 Å². The molecule has 0 aromatic carbocycles. The molecule has 1 aromatic rings. The third-order valence-corrected chi connectivity index (χ3v) is 4.29. The molecule has 1 fully saturated rings. The van der Waals surface area contributed by atoms with Gasteiger partial charge in [-0.3, -0.25) is 4.57 Å². The largest absolute Gasteiger partial charge is 0.355 e. The molecule has 0 radical (unpaired) electrons. The van der Waals surface area contributed by atoms with Gasteiger partial charge in [0.2, 0.25) is 5.95 Å². The number of hydrogen-bond donors (Lipinski definition) is 0. The van der Waals surface area contributed by atoms with Crippen molar-refractivity contribution in [3.05, 3.63) is 33.1 Å². The lowest BCUT2D eigenvalue weighted by molar-refractivity contribution is 0.324. The topological polar surface area (TPSA) is 60.1 Å². The van der Waals surface area contributed by atoms with Gasteiger partial charge in [0.1, 0.15) is 0 Å². The fraction of sp³-hybridized carbons (Fsp3) is 0.688. The van der Waals surface area contributed by atoms with E-state index in [0.717, 1.165) is 25.7 Å². The van der Waals surface area contributed by atoms with Crippen LogP contribution in [0, 0.1) is 0 Å². The first kappa shape index (κ1) is 16.5. The lowest BCUT2D eigenvalue weighted by Gasteiger charge is -2.25. The number of nitrogens with zero attached hydrogens (tertiary/aromatic N) is 4. The standard InChI is InChI=1S/C16H26N4O2/c1-4-6-12-18(3)14-17-15(21)20(16(22)19(14)5-2)13-10-8-7-9-11-13/h4,6,13H,5,7-12H2,1-3H3. The lowest BCUT2D eigenvalue weighted by atomic mass is 9.95. The van der Waals surface area contributed by atoms with Crippen LogP contribution in [0.1, 0.15) is 52.0 Å². The molecule has 1 aromatic heterocycles. The normalized spacial score (nSPS) is 16.3. The molecule has 0 N–H and O–H groups in total. The summed E-state index contributed by atoms with van der Waals surface area (Å²) >= 11 is 0. The summed E-state index contributed by atoms with van der Waals surface area (Å²) in [4.78, 5) is 31.2. The molecule has 0 atom stereocenters. The zero-order valence-corrected chi connectivity index (χ0v) is 13.8. The Hall–Kier alpha value is -1.85. The highest BCUT2D eigenvalue weighted by Gasteiger charge is 2.22. The van der Waals surface area contributed by atoms with Crippen molar-refractivity contribution in [2.24, 2.45) is 0 Å². The van der Waals surface area contributed by atoms with E-state index in [-0.39, 0.29) is 11.7 Å². The molecular weight excluding hydrogens is 280 g/mol. The molecule has 0 aliphatic heterocycles. The van der Waals surface area contributed by atoms with E-state index >= 15 is 0 Å². The first-order chi connectivity index (χ1) is 10.6. The summed E-state index contributed by atoms with van der Waals surface area (Å²) in [5, 5.41) is 0. The SMILES string of the molecule is CC=CCN(C)c1nc(=O)n(C2CCCCC2)c(=O)n1CC. The van der Waals surface area contributed by atoms with Crippen LogP contribution in [-0.4, -0.2) is 27.7 Å². The molecule has 1 aliphatic rings. The molecule has 1 saturated carbocycles. The maximum absolute atomic E-state index is 12.8. The van der Waals surface area contributed by atoms with Gasteiger partial charge in [-0.1, -0.05) is 31.4 Å². The molecule has 1 heterocycles. The number of hydrogen-bond acceptors (Lipinski definition) is 4. The summed E-state index contributed by atoms with van der Waals surface area (Å²) in [7, 11) is 1.85. The quantitative estimate of drug-likeness (QED) is 0.780. The average molecular weight is 306 g/mol. The zero-order valence-electron chi connectivity index (χ0n) is 13.8. The van der Waals surface area contributed by atoms with Gasteiger partial charge in [0, 0.05) is 26.2 Å². The van der Waals surface area contributed by atoms with E-state index in [4.69, 9.17) is 0 Å². The Balaban J connectivity index is 2.47. The number of allylic oxidation sites excluding steroid dienone is 1. The van der Waals surface area contributed by atoms with Gasteiger partial charge in [-0.2, -0.15) is 4.98 Å². The summed E-state index contributed by atoms with van der Waals surface area (Å²) in [6, 6.07) is 0.00828. The molecule has 22 heavy (non-hydrogen) atoms. The Kier molecular flexibility index (Phi) is 5.57. The fourth-order valence-electron chi connectivity index (χ4n) is 3.06. The smallest absolute Gasteiger partial charge is 0.341 e. The minimum atomic E-state index is -0.413. The Labute approximate surface area is 131 Å². The van der Waals surface area contributed by atoms with Crippen LogP contribution in [0.3, 0.4) is 0 Å². The van der Waals surface area contributed by atoms with E-state index in [1.165, 1.54) is 11.0 Å². The van der Waals surface area contributed by atoms with Gasteiger partial charge < -0.3 is 4.90 Å². The minimum absolute atomic E-state index is 0.00828. The summed E-state index contributed by atoms with van der Waals surface area (Å²) in [5.41, 5.74) is -0.638. The predicted octanol–water partition coefficient (Wildman–Crippen LogP) is 1.94. The van der Waals surface area contributed by atoms with Crippen molar-refractivity contribution >= 4 is 5.95 Å². The molecule has 0 spiro atoms. The van der Waals surface area contributed by atoms with E-state index in [9.17, 15) is 9.59 Å². The van der Waals surface area contributed by atoms with Crippen LogP contribution in [0.25, 0.3) is 0 Å². The van der Waals surface area contributed by atoms with Crippen molar-refractivity contribution < 1.29 is 0 Å². The molecular formula is C16H26N4O2. The number of likely N-dealkylation sites (N-methyl/N-ethyl adjacent to an activating group) is 1. The van der Waals surface area contributed by atoms with Crippen molar-refractivity contribution in [3.63, 3.8) is 0 Å². The third-order valence-electron chi connectivity index (χ3n) is 4.29. The van der Waals surface area contributed by atoms with E-state index in [0.29, 0.717) is 19.0 Å².